The van der Waals surface area contributed by atoms with Crippen LogP contribution < -0.4 is 11.1 Å². The molecule has 1 amide bonds. The van der Waals surface area contributed by atoms with Gasteiger partial charge in [-0.2, -0.15) is 0 Å². The van der Waals surface area contributed by atoms with E-state index in [4.69, 9.17) is 5.73 Å². The summed E-state index contributed by atoms with van der Waals surface area (Å²) >= 11 is 0. The van der Waals surface area contributed by atoms with E-state index in [2.05, 4.69) is 24.1 Å². The topological polar surface area (TPSA) is 58.4 Å². The first kappa shape index (κ1) is 16.8. The van der Waals surface area contributed by atoms with Crippen molar-refractivity contribution in [1.82, 2.24) is 10.2 Å². The van der Waals surface area contributed by atoms with Crippen LogP contribution in [0.4, 0.5) is 0 Å². The van der Waals surface area contributed by atoms with Crippen LogP contribution in [0.5, 0.6) is 0 Å². The van der Waals surface area contributed by atoms with Gasteiger partial charge in [-0.1, -0.05) is 20.3 Å². The van der Waals surface area contributed by atoms with E-state index in [9.17, 15) is 4.79 Å². The second kappa shape index (κ2) is 7.59. The molecule has 2 aliphatic rings. The molecule has 1 saturated carbocycles. The number of amides is 1. The second-order valence-electron chi connectivity index (χ2n) is 7.66. The summed E-state index contributed by atoms with van der Waals surface area (Å²) in [5.41, 5.74) is 5.97. The molecule has 2 atom stereocenters. The summed E-state index contributed by atoms with van der Waals surface area (Å²) in [7, 11) is 0. The Kier molecular flexibility index (Phi) is 6.06. The fourth-order valence-electron chi connectivity index (χ4n) is 3.90. The SMILES string of the molecule is CC1(C)CCCC(N2CCCC(C(=O)NCCN)C2)CC1. The molecule has 0 bridgehead atoms. The predicted octanol–water partition coefficient (Wildman–Crippen LogP) is 2.13. The van der Waals surface area contributed by atoms with E-state index in [0.717, 1.165) is 19.4 Å². The van der Waals surface area contributed by atoms with Gasteiger partial charge in [0.25, 0.3) is 0 Å². The molecule has 4 nitrogen and oxygen atoms in total. The summed E-state index contributed by atoms with van der Waals surface area (Å²) in [6.45, 7) is 8.05. The first-order chi connectivity index (χ1) is 10.0. The molecule has 4 heteroatoms. The average molecular weight is 295 g/mol. The van der Waals surface area contributed by atoms with Crippen LogP contribution in [0.3, 0.4) is 0 Å². The van der Waals surface area contributed by atoms with Crippen molar-refractivity contribution in [3.63, 3.8) is 0 Å². The highest BCUT2D eigenvalue weighted by Crippen LogP contribution is 2.36. The van der Waals surface area contributed by atoms with Crippen LogP contribution in [-0.4, -0.2) is 43.0 Å². The van der Waals surface area contributed by atoms with Crippen molar-refractivity contribution in [3.05, 3.63) is 0 Å². The Morgan fingerprint density at radius 1 is 1.24 bits per heavy atom. The molecule has 21 heavy (non-hydrogen) atoms. The molecule has 1 heterocycles. The van der Waals surface area contributed by atoms with Crippen molar-refractivity contribution in [3.8, 4) is 0 Å². The number of rotatable bonds is 4. The Balaban J connectivity index is 1.87. The molecule has 0 spiro atoms. The molecule has 122 valence electrons. The van der Waals surface area contributed by atoms with E-state index in [1.165, 1.54) is 38.6 Å². The zero-order valence-corrected chi connectivity index (χ0v) is 13.9. The molecule has 2 fully saturated rings. The smallest absolute Gasteiger partial charge is 0.224 e. The van der Waals surface area contributed by atoms with Gasteiger partial charge in [0.2, 0.25) is 5.91 Å². The van der Waals surface area contributed by atoms with Gasteiger partial charge in [0.15, 0.2) is 0 Å². The molecular formula is C17H33N3O. The summed E-state index contributed by atoms with van der Waals surface area (Å²) < 4.78 is 0. The maximum Gasteiger partial charge on any atom is 0.224 e. The van der Waals surface area contributed by atoms with Crippen molar-refractivity contribution >= 4 is 5.91 Å². The summed E-state index contributed by atoms with van der Waals surface area (Å²) in [4.78, 5) is 14.8. The van der Waals surface area contributed by atoms with Crippen LogP contribution in [0.25, 0.3) is 0 Å². The molecule has 1 saturated heterocycles. The monoisotopic (exact) mass is 295 g/mol. The maximum absolute atomic E-state index is 12.2. The molecule has 0 aromatic rings. The molecule has 0 radical (unpaired) electrons. The number of piperidine rings is 1. The third-order valence-corrected chi connectivity index (χ3v) is 5.33. The number of carbonyl (C=O) groups is 1. The fourth-order valence-corrected chi connectivity index (χ4v) is 3.90. The lowest BCUT2D eigenvalue weighted by Gasteiger charge is -2.37. The van der Waals surface area contributed by atoms with Gasteiger partial charge in [-0.25, -0.2) is 0 Å². The molecule has 0 aromatic carbocycles. The first-order valence-electron chi connectivity index (χ1n) is 8.74. The Bertz CT molecular complexity index is 343. The van der Waals surface area contributed by atoms with Gasteiger partial charge in [0, 0.05) is 25.7 Å². The molecule has 1 aliphatic carbocycles. The van der Waals surface area contributed by atoms with Crippen LogP contribution in [0.2, 0.25) is 0 Å². The number of nitrogens with one attached hydrogen (secondary N) is 1. The minimum atomic E-state index is 0.168. The van der Waals surface area contributed by atoms with Crippen LogP contribution >= 0.6 is 0 Å². The van der Waals surface area contributed by atoms with Gasteiger partial charge in [-0.05, 0) is 50.5 Å². The Morgan fingerprint density at radius 2 is 2.05 bits per heavy atom. The van der Waals surface area contributed by atoms with Crippen molar-refractivity contribution in [1.29, 1.82) is 0 Å². The molecular weight excluding hydrogens is 262 g/mol. The van der Waals surface area contributed by atoms with Crippen LogP contribution in [-0.2, 0) is 4.79 Å². The summed E-state index contributed by atoms with van der Waals surface area (Å²) in [5.74, 6) is 0.376. The number of nitrogens with two attached hydrogens (primary N) is 1. The fraction of sp³-hybridized carbons (Fsp3) is 0.941. The lowest BCUT2D eigenvalue weighted by molar-refractivity contribution is -0.127. The lowest BCUT2D eigenvalue weighted by atomic mass is 9.85. The van der Waals surface area contributed by atoms with E-state index < -0.39 is 0 Å². The summed E-state index contributed by atoms with van der Waals surface area (Å²) in [5, 5.41) is 2.96. The number of nitrogens with zero attached hydrogens (tertiary/aromatic N) is 1. The van der Waals surface area contributed by atoms with Gasteiger partial charge in [0.1, 0.15) is 0 Å². The quantitative estimate of drug-likeness (QED) is 0.781. The second-order valence-corrected chi connectivity index (χ2v) is 7.66. The predicted molar refractivity (Wildman–Crippen MR) is 87.0 cm³/mol. The van der Waals surface area contributed by atoms with Crippen molar-refractivity contribution in [2.45, 2.75) is 64.8 Å². The van der Waals surface area contributed by atoms with Gasteiger partial charge in [-0.15, -0.1) is 0 Å². The highest BCUT2D eigenvalue weighted by molar-refractivity contribution is 5.78. The lowest BCUT2D eigenvalue weighted by Crippen LogP contribution is -2.47. The van der Waals surface area contributed by atoms with Gasteiger partial charge >= 0.3 is 0 Å². The average Bonchev–Trinajstić information content (AvgIpc) is 2.65. The van der Waals surface area contributed by atoms with Crippen LogP contribution in [0.1, 0.15) is 58.8 Å². The molecule has 3 N–H and O–H groups in total. The number of likely N-dealkylation sites (tertiary alicyclic amines) is 1. The molecule has 2 rings (SSSR count). The van der Waals surface area contributed by atoms with Crippen molar-refractivity contribution in [2.75, 3.05) is 26.2 Å². The largest absolute Gasteiger partial charge is 0.355 e. The third-order valence-electron chi connectivity index (χ3n) is 5.33. The minimum absolute atomic E-state index is 0.168. The molecule has 0 aromatic heterocycles. The normalized spacial score (nSPS) is 30.6. The third kappa shape index (κ3) is 4.96. The van der Waals surface area contributed by atoms with Gasteiger partial charge < -0.3 is 11.1 Å². The summed E-state index contributed by atoms with van der Waals surface area (Å²) in [6.07, 6.45) is 8.78. The Morgan fingerprint density at radius 3 is 2.81 bits per heavy atom. The summed E-state index contributed by atoms with van der Waals surface area (Å²) in [6, 6.07) is 0.692. The zero-order valence-electron chi connectivity index (χ0n) is 13.9. The number of hydrogen-bond acceptors (Lipinski definition) is 3. The zero-order chi connectivity index (χ0) is 15.3. The van der Waals surface area contributed by atoms with E-state index in [1.807, 2.05) is 0 Å². The van der Waals surface area contributed by atoms with E-state index in [0.29, 0.717) is 24.5 Å². The highest BCUT2D eigenvalue weighted by atomic mass is 16.1. The first-order valence-corrected chi connectivity index (χ1v) is 8.74. The standard InChI is InChI=1S/C17H33N3O/c1-17(2)8-3-6-15(7-9-17)20-12-4-5-14(13-20)16(21)19-11-10-18/h14-15H,3-13,18H2,1-2H3,(H,19,21). The highest BCUT2D eigenvalue weighted by Gasteiger charge is 2.32. The molecule has 2 unspecified atom stereocenters. The van der Waals surface area contributed by atoms with E-state index in [1.54, 1.807) is 0 Å². The van der Waals surface area contributed by atoms with E-state index in [-0.39, 0.29) is 11.8 Å². The van der Waals surface area contributed by atoms with Crippen LogP contribution in [0.15, 0.2) is 0 Å². The van der Waals surface area contributed by atoms with Crippen molar-refractivity contribution in [2.24, 2.45) is 17.1 Å². The Labute approximate surface area is 129 Å². The maximum atomic E-state index is 12.2. The van der Waals surface area contributed by atoms with Crippen LogP contribution in [0, 0.1) is 11.3 Å². The van der Waals surface area contributed by atoms with Gasteiger partial charge in [-0.3, -0.25) is 9.69 Å². The molecule has 1 aliphatic heterocycles. The van der Waals surface area contributed by atoms with E-state index >= 15 is 0 Å². The number of hydrogen-bond donors (Lipinski definition) is 2. The minimum Gasteiger partial charge on any atom is -0.355 e. The van der Waals surface area contributed by atoms with Crippen molar-refractivity contribution < 1.29 is 4.79 Å². The number of carbonyl (C=O) groups excluding carboxylic acids is 1. The van der Waals surface area contributed by atoms with Gasteiger partial charge in [0.05, 0.1) is 5.92 Å². The Hall–Kier alpha value is -0.610.